The van der Waals surface area contributed by atoms with Gasteiger partial charge in [-0.2, -0.15) is 0 Å². The smallest absolute Gasteiger partial charge is 0.260 e. The molecule has 0 atom stereocenters. The summed E-state index contributed by atoms with van der Waals surface area (Å²) < 4.78 is 5.65. The number of nitrogens with one attached hydrogen (secondary N) is 1. The molecule has 1 aliphatic heterocycles. The minimum Gasteiger partial charge on any atom is -0.507 e. The standard InChI is InChI=1S/C22H25ClN2O4/c1-14-11-17(12-15(2)21(14)23)29-13-20(27)25-9-7-16(8-10-25)24-22(28)18-5-3-4-6-19(18)26/h3-6,11-12,16,26H,7-10,13H2,1-2H3,(H,24,28). The van der Waals surface area contributed by atoms with Crippen molar-refractivity contribution in [3.63, 3.8) is 0 Å². The number of carbonyl (C=O) groups excluding carboxylic acids is 2. The summed E-state index contributed by atoms with van der Waals surface area (Å²) in [6, 6.07) is 10.1. The van der Waals surface area contributed by atoms with E-state index in [0.717, 1.165) is 11.1 Å². The molecule has 154 valence electrons. The minimum absolute atomic E-state index is 0.0323. The van der Waals surface area contributed by atoms with Crippen LogP contribution in [0.15, 0.2) is 36.4 Å². The Morgan fingerprint density at radius 1 is 1.17 bits per heavy atom. The number of halogens is 1. The van der Waals surface area contributed by atoms with Crippen LogP contribution in [-0.4, -0.2) is 47.6 Å². The van der Waals surface area contributed by atoms with Crippen LogP contribution in [0.4, 0.5) is 0 Å². The number of nitrogens with zero attached hydrogens (tertiary/aromatic N) is 1. The summed E-state index contributed by atoms with van der Waals surface area (Å²) in [5, 5.41) is 13.4. The highest BCUT2D eigenvalue weighted by Gasteiger charge is 2.25. The average molecular weight is 417 g/mol. The van der Waals surface area contributed by atoms with Crippen LogP contribution in [0.1, 0.15) is 34.3 Å². The predicted octanol–water partition coefficient (Wildman–Crippen LogP) is 3.46. The summed E-state index contributed by atoms with van der Waals surface area (Å²) in [7, 11) is 0. The molecule has 1 saturated heterocycles. The first-order valence-corrected chi connectivity index (χ1v) is 9.99. The molecule has 1 aliphatic rings. The number of phenolic OH excluding ortho intramolecular Hbond substituents is 1. The molecule has 3 rings (SSSR count). The molecule has 29 heavy (non-hydrogen) atoms. The van der Waals surface area contributed by atoms with Gasteiger partial charge in [0.2, 0.25) is 0 Å². The lowest BCUT2D eigenvalue weighted by Gasteiger charge is -2.32. The van der Waals surface area contributed by atoms with Crippen molar-refractivity contribution in [2.24, 2.45) is 0 Å². The van der Waals surface area contributed by atoms with Gasteiger partial charge in [-0.1, -0.05) is 23.7 Å². The van der Waals surface area contributed by atoms with Crippen LogP contribution in [0.25, 0.3) is 0 Å². The molecule has 6 nitrogen and oxygen atoms in total. The minimum atomic E-state index is -0.301. The Balaban J connectivity index is 1.47. The Morgan fingerprint density at radius 3 is 2.41 bits per heavy atom. The molecule has 0 radical (unpaired) electrons. The summed E-state index contributed by atoms with van der Waals surface area (Å²) >= 11 is 6.16. The van der Waals surface area contributed by atoms with Gasteiger partial charge in [-0.25, -0.2) is 0 Å². The van der Waals surface area contributed by atoms with Crippen LogP contribution in [0.5, 0.6) is 11.5 Å². The molecule has 2 N–H and O–H groups in total. The Hall–Kier alpha value is -2.73. The van der Waals surface area contributed by atoms with E-state index >= 15 is 0 Å². The first kappa shape index (κ1) is 21.0. The number of amides is 2. The fourth-order valence-electron chi connectivity index (χ4n) is 3.43. The zero-order valence-electron chi connectivity index (χ0n) is 16.6. The highest BCUT2D eigenvalue weighted by molar-refractivity contribution is 6.32. The second-order valence-corrected chi connectivity index (χ2v) is 7.68. The van der Waals surface area contributed by atoms with Crippen LogP contribution in [0.2, 0.25) is 5.02 Å². The number of aryl methyl sites for hydroxylation is 2. The third kappa shape index (κ3) is 5.21. The number of hydrogen-bond donors (Lipinski definition) is 2. The molecule has 0 spiro atoms. The highest BCUT2D eigenvalue weighted by atomic mass is 35.5. The molecular formula is C22H25ClN2O4. The second kappa shape index (κ2) is 9.18. The first-order valence-electron chi connectivity index (χ1n) is 9.61. The molecule has 1 heterocycles. The largest absolute Gasteiger partial charge is 0.507 e. The van der Waals surface area contributed by atoms with E-state index in [4.69, 9.17) is 16.3 Å². The van der Waals surface area contributed by atoms with Crippen LogP contribution in [0.3, 0.4) is 0 Å². The van der Waals surface area contributed by atoms with Gasteiger partial charge in [-0.15, -0.1) is 0 Å². The van der Waals surface area contributed by atoms with Gasteiger partial charge in [0.1, 0.15) is 11.5 Å². The number of rotatable bonds is 5. The fraction of sp³-hybridized carbons (Fsp3) is 0.364. The molecule has 0 bridgehead atoms. The van der Waals surface area contributed by atoms with Crippen molar-refractivity contribution in [3.05, 3.63) is 58.1 Å². The average Bonchev–Trinajstić information content (AvgIpc) is 2.71. The van der Waals surface area contributed by atoms with Crippen molar-refractivity contribution in [2.45, 2.75) is 32.7 Å². The van der Waals surface area contributed by atoms with Crippen LogP contribution < -0.4 is 10.1 Å². The van der Waals surface area contributed by atoms with Gasteiger partial charge < -0.3 is 20.1 Å². The number of likely N-dealkylation sites (tertiary alicyclic amines) is 1. The van der Waals surface area contributed by atoms with Gasteiger partial charge in [-0.05, 0) is 62.1 Å². The van der Waals surface area contributed by atoms with Gasteiger partial charge in [0.25, 0.3) is 11.8 Å². The van der Waals surface area contributed by atoms with Crippen molar-refractivity contribution >= 4 is 23.4 Å². The Bertz CT molecular complexity index is 884. The molecule has 2 amide bonds. The van der Waals surface area contributed by atoms with Gasteiger partial charge >= 0.3 is 0 Å². The number of aromatic hydroxyl groups is 1. The van der Waals surface area contributed by atoms with E-state index < -0.39 is 0 Å². The number of piperidine rings is 1. The van der Waals surface area contributed by atoms with Crippen molar-refractivity contribution < 1.29 is 19.4 Å². The molecule has 0 unspecified atom stereocenters. The van der Waals surface area contributed by atoms with E-state index in [1.54, 1.807) is 23.1 Å². The second-order valence-electron chi connectivity index (χ2n) is 7.31. The molecule has 0 aromatic heterocycles. The van der Waals surface area contributed by atoms with E-state index in [9.17, 15) is 14.7 Å². The number of ether oxygens (including phenoxy) is 1. The summed E-state index contributed by atoms with van der Waals surface area (Å²) in [5.41, 5.74) is 2.08. The summed E-state index contributed by atoms with van der Waals surface area (Å²) in [4.78, 5) is 26.5. The van der Waals surface area contributed by atoms with Crippen LogP contribution in [-0.2, 0) is 4.79 Å². The van der Waals surface area contributed by atoms with Gasteiger partial charge in [0, 0.05) is 24.2 Å². The first-order chi connectivity index (χ1) is 13.8. The van der Waals surface area contributed by atoms with Crippen molar-refractivity contribution in [1.29, 1.82) is 0 Å². The fourth-order valence-corrected chi connectivity index (χ4v) is 3.54. The SMILES string of the molecule is Cc1cc(OCC(=O)N2CCC(NC(=O)c3ccccc3O)CC2)cc(C)c1Cl. The van der Waals surface area contributed by atoms with E-state index in [2.05, 4.69) is 5.32 Å². The van der Waals surface area contributed by atoms with Crippen molar-refractivity contribution in [1.82, 2.24) is 10.2 Å². The molecule has 7 heteroatoms. The predicted molar refractivity (Wildman–Crippen MR) is 112 cm³/mol. The Kier molecular flexibility index (Phi) is 6.64. The van der Waals surface area contributed by atoms with E-state index in [1.165, 1.54) is 6.07 Å². The maximum absolute atomic E-state index is 12.5. The number of phenols is 1. The van der Waals surface area contributed by atoms with Crippen molar-refractivity contribution in [2.75, 3.05) is 19.7 Å². The molecular weight excluding hydrogens is 392 g/mol. The van der Waals surface area contributed by atoms with Crippen molar-refractivity contribution in [3.8, 4) is 11.5 Å². The van der Waals surface area contributed by atoms with E-state index in [0.29, 0.717) is 36.7 Å². The van der Waals surface area contributed by atoms with Gasteiger partial charge in [-0.3, -0.25) is 9.59 Å². The molecule has 0 aliphatic carbocycles. The number of benzene rings is 2. The highest BCUT2D eigenvalue weighted by Crippen LogP contribution is 2.26. The normalized spacial score (nSPS) is 14.5. The molecule has 2 aromatic carbocycles. The maximum Gasteiger partial charge on any atom is 0.260 e. The zero-order valence-corrected chi connectivity index (χ0v) is 17.3. The lowest BCUT2D eigenvalue weighted by atomic mass is 10.0. The lowest BCUT2D eigenvalue weighted by molar-refractivity contribution is -0.134. The molecule has 1 fully saturated rings. The lowest BCUT2D eigenvalue weighted by Crippen LogP contribution is -2.47. The third-order valence-corrected chi connectivity index (χ3v) is 5.70. The quantitative estimate of drug-likeness (QED) is 0.782. The number of carbonyl (C=O) groups is 2. The summed E-state index contributed by atoms with van der Waals surface area (Å²) in [6.07, 6.45) is 1.31. The van der Waals surface area contributed by atoms with Gasteiger partial charge in [0.05, 0.1) is 5.56 Å². The van der Waals surface area contributed by atoms with Crippen LogP contribution in [0, 0.1) is 13.8 Å². The summed E-state index contributed by atoms with van der Waals surface area (Å²) in [6.45, 7) is 4.87. The Labute approximate surface area is 175 Å². The molecule has 0 saturated carbocycles. The number of para-hydroxylation sites is 1. The van der Waals surface area contributed by atoms with Crippen LogP contribution >= 0.6 is 11.6 Å². The maximum atomic E-state index is 12.5. The molecule has 2 aromatic rings. The third-order valence-electron chi connectivity index (χ3n) is 5.10. The topological polar surface area (TPSA) is 78.9 Å². The van der Waals surface area contributed by atoms with E-state index in [1.807, 2.05) is 26.0 Å². The monoisotopic (exact) mass is 416 g/mol. The number of hydrogen-bond acceptors (Lipinski definition) is 4. The van der Waals surface area contributed by atoms with Gasteiger partial charge in [0.15, 0.2) is 6.61 Å². The Morgan fingerprint density at radius 2 is 1.79 bits per heavy atom. The summed E-state index contributed by atoms with van der Waals surface area (Å²) in [5.74, 6) is 0.204. The van der Waals surface area contributed by atoms with E-state index in [-0.39, 0.29) is 35.8 Å². The zero-order chi connectivity index (χ0) is 21.0.